The van der Waals surface area contributed by atoms with Crippen molar-refractivity contribution in [2.45, 2.75) is 38.1 Å². The topological polar surface area (TPSA) is 104 Å². The molecule has 25 heavy (non-hydrogen) atoms. The zero-order valence-corrected chi connectivity index (χ0v) is 15.4. The lowest BCUT2D eigenvalue weighted by molar-refractivity contribution is -0.139. The maximum Gasteiger partial charge on any atom is 0.326 e. The first-order chi connectivity index (χ1) is 11.8. The number of carbonyl (C=O) groups is 2. The van der Waals surface area contributed by atoms with E-state index in [0.29, 0.717) is 13.1 Å². The van der Waals surface area contributed by atoms with Crippen LogP contribution in [0.25, 0.3) is 0 Å². The molecule has 0 aliphatic carbocycles. The third-order valence-electron chi connectivity index (χ3n) is 3.65. The van der Waals surface area contributed by atoms with Crippen LogP contribution in [0.3, 0.4) is 0 Å². The summed E-state index contributed by atoms with van der Waals surface area (Å²) in [5.41, 5.74) is 0.0972. The molecule has 8 heteroatoms. The molecule has 138 valence electrons. The lowest BCUT2D eigenvalue weighted by Gasteiger charge is -2.19. The van der Waals surface area contributed by atoms with Gasteiger partial charge in [0, 0.05) is 18.7 Å². The van der Waals surface area contributed by atoms with Crippen molar-refractivity contribution in [3.63, 3.8) is 0 Å². The van der Waals surface area contributed by atoms with E-state index in [-0.39, 0.29) is 16.9 Å². The first kappa shape index (κ1) is 20.9. The van der Waals surface area contributed by atoms with Gasteiger partial charge in [-0.25, -0.2) is 13.2 Å². The SMILES string of the molecule is C/C=C/CC(NC(=O)c1cccc(S(=O)(=O)N(CC)CC)c1)C(=O)O. The van der Waals surface area contributed by atoms with Crippen molar-refractivity contribution in [1.82, 2.24) is 9.62 Å². The average molecular weight is 368 g/mol. The summed E-state index contributed by atoms with van der Waals surface area (Å²) < 4.78 is 26.4. The smallest absolute Gasteiger partial charge is 0.326 e. The number of allylic oxidation sites excluding steroid dienone is 1. The van der Waals surface area contributed by atoms with Crippen molar-refractivity contribution >= 4 is 21.9 Å². The fourth-order valence-corrected chi connectivity index (χ4v) is 3.75. The quantitative estimate of drug-likeness (QED) is 0.648. The van der Waals surface area contributed by atoms with Crippen molar-refractivity contribution in [2.24, 2.45) is 0 Å². The van der Waals surface area contributed by atoms with E-state index in [1.165, 1.54) is 28.6 Å². The molecular weight excluding hydrogens is 344 g/mol. The highest BCUT2D eigenvalue weighted by atomic mass is 32.2. The van der Waals surface area contributed by atoms with Gasteiger partial charge in [-0.05, 0) is 31.5 Å². The summed E-state index contributed by atoms with van der Waals surface area (Å²) in [7, 11) is -3.69. The molecule has 1 amide bonds. The molecule has 0 bridgehead atoms. The fourth-order valence-electron chi connectivity index (χ4n) is 2.25. The monoisotopic (exact) mass is 368 g/mol. The third kappa shape index (κ3) is 5.40. The second-order valence-electron chi connectivity index (χ2n) is 5.29. The molecule has 0 aliphatic heterocycles. The Morgan fingerprint density at radius 3 is 2.44 bits per heavy atom. The minimum Gasteiger partial charge on any atom is -0.480 e. The molecule has 0 saturated heterocycles. The van der Waals surface area contributed by atoms with Crippen LogP contribution in [0.5, 0.6) is 0 Å². The number of rotatable bonds is 9. The van der Waals surface area contributed by atoms with E-state index in [0.717, 1.165) is 0 Å². The number of sulfonamides is 1. The van der Waals surface area contributed by atoms with Gasteiger partial charge in [-0.2, -0.15) is 4.31 Å². The molecule has 0 saturated carbocycles. The van der Waals surface area contributed by atoms with Gasteiger partial charge in [0.2, 0.25) is 10.0 Å². The molecule has 1 aromatic carbocycles. The second-order valence-corrected chi connectivity index (χ2v) is 7.22. The molecule has 1 rings (SSSR count). The number of amides is 1. The Hall–Kier alpha value is -2.19. The van der Waals surface area contributed by atoms with Gasteiger partial charge in [0.1, 0.15) is 6.04 Å². The highest BCUT2D eigenvalue weighted by molar-refractivity contribution is 7.89. The summed E-state index contributed by atoms with van der Waals surface area (Å²) in [5, 5.41) is 11.6. The van der Waals surface area contributed by atoms with E-state index in [4.69, 9.17) is 5.11 Å². The van der Waals surface area contributed by atoms with E-state index in [9.17, 15) is 18.0 Å². The molecular formula is C17H24N2O5S. The highest BCUT2D eigenvalue weighted by Gasteiger charge is 2.24. The molecule has 0 aromatic heterocycles. The molecule has 0 fully saturated rings. The number of carbonyl (C=O) groups excluding carboxylic acids is 1. The molecule has 0 aliphatic rings. The van der Waals surface area contributed by atoms with Gasteiger partial charge in [-0.15, -0.1) is 0 Å². The van der Waals surface area contributed by atoms with Crippen LogP contribution in [0.4, 0.5) is 0 Å². The summed E-state index contributed by atoms with van der Waals surface area (Å²) in [6.45, 7) is 5.86. The Labute approximate surface area is 148 Å². The predicted molar refractivity (Wildman–Crippen MR) is 94.9 cm³/mol. The van der Waals surface area contributed by atoms with Crippen LogP contribution in [0.15, 0.2) is 41.3 Å². The summed E-state index contributed by atoms with van der Waals surface area (Å²) in [5.74, 6) is -1.79. The summed E-state index contributed by atoms with van der Waals surface area (Å²) >= 11 is 0. The van der Waals surface area contributed by atoms with E-state index in [1.807, 2.05) is 0 Å². The number of nitrogens with one attached hydrogen (secondary N) is 1. The van der Waals surface area contributed by atoms with Crippen LogP contribution >= 0.6 is 0 Å². The average Bonchev–Trinajstić information content (AvgIpc) is 2.59. The van der Waals surface area contributed by atoms with Crippen LogP contribution in [-0.4, -0.2) is 48.8 Å². The van der Waals surface area contributed by atoms with Crippen molar-refractivity contribution in [3.8, 4) is 0 Å². The van der Waals surface area contributed by atoms with Crippen molar-refractivity contribution in [2.75, 3.05) is 13.1 Å². The zero-order chi connectivity index (χ0) is 19.0. The van der Waals surface area contributed by atoms with Crippen LogP contribution in [-0.2, 0) is 14.8 Å². The Bertz CT molecular complexity index is 739. The number of aliphatic carboxylic acids is 1. The van der Waals surface area contributed by atoms with Crippen molar-refractivity contribution in [1.29, 1.82) is 0 Å². The van der Waals surface area contributed by atoms with Gasteiger partial charge in [0.05, 0.1) is 4.90 Å². The second kappa shape index (κ2) is 9.33. The van der Waals surface area contributed by atoms with Crippen molar-refractivity contribution in [3.05, 3.63) is 42.0 Å². The molecule has 0 radical (unpaired) electrons. The molecule has 0 heterocycles. The van der Waals surface area contributed by atoms with E-state index < -0.39 is 27.9 Å². The van der Waals surface area contributed by atoms with Gasteiger partial charge in [0.15, 0.2) is 0 Å². The molecule has 1 atom stereocenters. The predicted octanol–water partition coefficient (Wildman–Crippen LogP) is 1.87. The lowest BCUT2D eigenvalue weighted by atomic mass is 10.1. The minimum absolute atomic E-state index is 0.00387. The van der Waals surface area contributed by atoms with Crippen LogP contribution in [0.2, 0.25) is 0 Å². The Morgan fingerprint density at radius 2 is 1.92 bits per heavy atom. The van der Waals surface area contributed by atoms with Gasteiger partial charge in [-0.1, -0.05) is 32.1 Å². The van der Waals surface area contributed by atoms with Gasteiger partial charge < -0.3 is 10.4 Å². The minimum atomic E-state index is -3.69. The molecule has 1 aromatic rings. The molecule has 0 spiro atoms. The largest absolute Gasteiger partial charge is 0.480 e. The molecule has 7 nitrogen and oxygen atoms in total. The van der Waals surface area contributed by atoms with E-state index in [1.54, 1.807) is 32.9 Å². The van der Waals surface area contributed by atoms with Crippen molar-refractivity contribution < 1.29 is 23.1 Å². The number of carboxylic acid groups (broad SMARTS) is 1. The number of hydrogen-bond donors (Lipinski definition) is 2. The van der Waals surface area contributed by atoms with Gasteiger partial charge in [0.25, 0.3) is 5.91 Å². The summed E-state index contributed by atoms with van der Waals surface area (Å²) in [6, 6.07) is 4.51. The maximum absolute atomic E-state index is 12.5. The Kier molecular flexibility index (Phi) is 7.79. The van der Waals surface area contributed by atoms with Crippen LogP contribution in [0.1, 0.15) is 37.6 Å². The standard InChI is InChI=1S/C17H24N2O5S/c1-4-7-11-15(17(21)22)18-16(20)13-9-8-10-14(12-13)25(23,24)19(5-2)6-3/h4,7-10,12,15H,5-6,11H2,1-3H3,(H,18,20)(H,21,22)/b7-4+. The third-order valence-corrected chi connectivity index (χ3v) is 5.70. The number of hydrogen-bond acceptors (Lipinski definition) is 4. The Balaban J connectivity index is 3.08. The normalized spacial score (nSPS) is 13.1. The number of nitrogens with zero attached hydrogens (tertiary/aromatic N) is 1. The maximum atomic E-state index is 12.5. The summed E-state index contributed by atoms with van der Waals surface area (Å²) in [6.07, 6.45) is 3.48. The van der Waals surface area contributed by atoms with E-state index in [2.05, 4.69) is 5.32 Å². The first-order valence-electron chi connectivity index (χ1n) is 8.02. The molecule has 1 unspecified atom stereocenters. The summed E-state index contributed by atoms with van der Waals surface area (Å²) in [4.78, 5) is 23.5. The van der Waals surface area contributed by atoms with Crippen LogP contribution < -0.4 is 5.32 Å². The zero-order valence-electron chi connectivity index (χ0n) is 14.6. The number of benzene rings is 1. The highest BCUT2D eigenvalue weighted by Crippen LogP contribution is 2.17. The number of carboxylic acids is 1. The molecule has 2 N–H and O–H groups in total. The van der Waals surface area contributed by atoms with Gasteiger partial charge >= 0.3 is 5.97 Å². The lowest BCUT2D eigenvalue weighted by Crippen LogP contribution is -2.40. The van der Waals surface area contributed by atoms with Crippen LogP contribution in [0, 0.1) is 0 Å². The first-order valence-corrected chi connectivity index (χ1v) is 9.46. The van der Waals surface area contributed by atoms with E-state index >= 15 is 0 Å². The fraction of sp³-hybridized carbons (Fsp3) is 0.412. The Morgan fingerprint density at radius 1 is 1.28 bits per heavy atom. The van der Waals surface area contributed by atoms with Gasteiger partial charge in [-0.3, -0.25) is 4.79 Å².